The summed E-state index contributed by atoms with van der Waals surface area (Å²) in [6.07, 6.45) is 0.639. The largest absolute Gasteiger partial charge is 0.507 e. The summed E-state index contributed by atoms with van der Waals surface area (Å²) in [5.41, 5.74) is 5.09. The van der Waals surface area contributed by atoms with Gasteiger partial charge in [0.2, 0.25) is 0 Å². The second kappa shape index (κ2) is 13.8. The number of benzene rings is 2. The van der Waals surface area contributed by atoms with Crippen molar-refractivity contribution in [3.8, 4) is 11.5 Å². The fraction of sp³-hybridized carbons (Fsp3) is 0.657. The zero-order valence-electron chi connectivity index (χ0n) is 27.6. The van der Waals surface area contributed by atoms with E-state index in [1.807, 2.05) is 12.1 Å². The molecule has 8 nitrogen and oxygen atoms in total. The van der Waals surface area contributed by atoms with Gasteiger partial charge in [0.25, 0.3) is 0 Å². The van der Waals surface area contributed by atoms with Crippen LogP contribution in [0.3, 0.4) is 0 Å². The Morgan fingerprint density at radius 1 is 0.605 bits per heavy atom. The van der Waals surface area contributed by atoms with Crippen molar-refractivity contribution in [2.75, 3.05) is 39.5 Å². The Labute approximate surface area is 258 Å². The highest BCUT2D eigenvalue weighted by atomic mass is 16.7. The van der Waals surface area contributed by atoms with E-state index in [0.717, 1.165) is 48.2 Å². The highest BCUT2D eigenvalue weighted by Crippen LogP contribution is 2.39. The number of aromatic hydroxyl groups is 2. The summed E-state index contributed by atoms with van der Waals surface area (Å²) in [5.74, 6) is 0.471. The molecule has 4 rings (SSSR count). The molecule has 2 aliphatic heterocycles. The van der Waals surface area contributed by atoms with Crippen molar-refractivity contribution < 1.29 is 29.2 Å². The van der Waals surface area contributed by atoms with Crippen molar-refractivity contribution in [3.63, 3.8) is 0 Å². The Kier molecular flexibility index (Phi) is 10.8. The molecular formula is C35H54N2O6. The predicted molar refractivity (Wildman–Crippen MR) is 169 cm³/mol. The molecule has 0 saturated carbocycles. The van der Waals surface area contributed by atoms with Crippen molar-refractivity contribution in [2.24, 2.45) is 5.41 Å². The SMILES string of the molecule is CC(C)(CNCc1cc(C(C)(C)C)cc(C2OCCCO2)c1O)CNCc1cc(C(C)(C)C)cc(C2OCCCO2)c1O. The minimum Gasteiger partial charge on any atom is -0.507 e. The fourth-order valence-corrected chi connectivity index (χ4v) is 5.40. The van der Waals surface area contributed by atoms with Gasteiger partial charge < -0.3 is 39.8 Å². The Hall–Kier alpha value is -2.20. The number of phenols is 2. The molecule has 0 atom stereocenters. The molecule has 2 aliphatic rings. The lowest BCUT2D eigenvalue weighted by molar-refractivity contribution is -0.183. The fourth-order valence-electron chi connectivity index (χ4n) is 5.40. The van der Waals surface area contributed by atoms with E-state index in [9.17, 15) is 10.2 Å². The Balaban J connectivity index is 1.40. The highest BCUT2D eigenvalue weighted by molar-refractivity contribution is 5.47. The van der Waals surface area contributed by atoms with Gasteiger partial charge in [-0.2, -0.15) is 0 Å². The Morgan fingerprint density at radius 3 is 1.28 bits per heavy atom. The molecule has 2 aromatic rings. The van der Waals surface area contributed by atoms with Crippen LogP contribution in [0.2, 0.25) is 0 Å². The molecule has 2 fully saturated rings. The summed E-state index contributed by atoms with van der Waals surface area (Å²) in [5, 5.41) is 29.5. The average molecular weight is 599 g/mol. The number of nitrogens with one attached hydrogen (secondary N) is 2. The van der Waals surface area contributed by atoms with Crippen LogP contribution in [0.4, 0.5) is 0 Å². The molecule has 2 heterocycles. The maximum Gasteiger partial charge on any atom is 0.187 e. The van der Waals surface area contributed by atoms with Gasteiger partial charge in [0.1, 0.15) is 11.5 Å². The Bertz CT molecular complexity index is 1120. The first-order chi connectivity index (χ1) is 20.2. The van der Waals surface area contributed by atoms with E-state index in [1.165, 1.54) is 0 Å². The van der Waals surface area contributed by atoms with Crippen molar-refractivity contribution in [3.05, 3.63) is 57.6 Å². The third-order valence-electron chi connectivity index (χ3n) is 8.17. The minimum absolute atomic E-state index is 0.0833. The average Bonchev–Trinajstić information content (AvgIpc) is 2.94. The lowest BCUT2D eigenvalue weighted by Crippen LogP contribution is -2.37. The molecule has 43 heavy (non-hydrogen) atoms. The molecule has 0 aliphatic carbocycles. The van der Waals surface area contributed by atoms with Gasteiger partial charge in [0.05, 0.1) is 37.6 Å². The third-order valence-corrected chi connectivity index (χ3v) is 8.17. The summed E-state index contributed by atoms with van der Waals surface area (Å²) in [7, 11) is 0. The van der Waals surface area contributed by atoms with E-state index in [4.69, 9.17) is 18.9 Å². The van der Waals surface area contributed by atoms with Crippen molar-refractivity contribution >= 4 is 0 Å². The second-order valence-electron chi connectivity index (χ2n) is 14.9. The first kappa shape index (κ1) is 33.7. The van der Waals surface area contributed by atoms with Crippen molar-refractivity contribution in [1.29, 1.82) is 0 Å². The lowest BCUT2D eigenvalue weighted by Gasteiger charge is -2.29. The quantitative estimate of drug-likeness (QED) is 0.247. The van der Waals surface area contributed by atoms with Crippen LogP contribution in [0.25, 0.3) is 0 Å². The van der Waals surface area contributed by atoms with Crippen LogP contribution >= 0.6 is 0 Å². The number of ether oxygens (including phenoxy) is 4. The van der Waals surface area contributed by atoms with Crippen LogP contribution in [0.15, 0.2) is 24.3 Å². The zero-order valence-corrected chi connectivity index (χ0v) is 27.6. The minimum atomic E-state index is -0.541. The van der Waals surface area contributed by atoms with E-state index in [1.54, 1.807) is 0 Å². The second-order valence-corrected chi connectivity index (χ2v) is 14.9. The molecule has 0 bridgehead atoms. The molecule has 0 unspecified atom stereocenters. The van der Waals surface area contributed by atoms with Gasteiger partial charge in [-0.25, -0.2) is 0 Å². The van der Waals surface area contributed by atoms with E-state index < -0.39 is 12.6 Å². The van der Waals surface area contributed by atoms with E-state index in [2.05, 4.69) is 78.2 Å². The van der Waals surface area contributed by atoms with Crippen LogP contribution in [-0.4, -0.2) is 49.7 Å². The third kappa shape index (κ3) is 8.93. The van der Waals surface area contributed by atoms with Gasteiger partial charge in [0, 0.05) is 37.3 Å². The molecule has 0 radical (unpaired) electrons. The highest BCUT2D eigenvalue weighted by Gasteiger charge is 2.28. The van der Waals surface area contributed by atoms with E-state index >= 15 is 0 Å². The normalized spacial score (nSPS) is 17.9. The first-order valence-corrected chi connectivity index (χ1v) is 15.8. The summed E-state index contributed by atoms with van der Waals surface area (Å²) in [4.78, 5) is 0. The monoisotopic (exact) mass is 598 g/mol. The number of phenolic OH excluding ortho intramolecular Hbond substituents is 2. The van der Waals surface area contributed by atoms with Crippen molar-refractivity contribution in [1.82, 2.24) is 10.6 Å². The number of hydrogen-bond acceptors (Lipinski definition) is 8. The van der Waals surface area contributed by atoms with Crippen LogP contribution in [0, 0.1) is 5.41 Å². The van der Waals surface area contributed by atoms with Crippen LogP contribution in [0.1, 0.15) is 114 Å². The first-order valence-electron chi connectivity index (χ1n) is 15.8. The summed E-state index contributed by atoms with van der Waals surface area (Å²) in [6.45, 7) is 22.4. The van der Waals surface area contributed by atoms with E-state index in [-0.39, 0.29) is 27.7 Å². The summed E-state index contributed by atoms with van der Waals surface area (Å²) >= 11 is 0. The van der Waals surface area contributed by atoms with Crippen LogP contribution in [0.5, 0.6) is 11.5 Å². The topological polar surface area (TPSA) is 101 Å². The molecule has 0 amide bonds. The van der Waals surface area contributed by atoms with Gasteiger partial charge in [-0.1, -0.05) is 67.5 Å². The molecule has 240 valence electrons. The Morgan fingerprint density at radius 2 is 0.953 bits per heavy atom. The van der Waals surface area contributed by atoms with Gasteiger partial charge in [-0.3, -0.25) is 0 Å². The van der Waals surface area contributed by atoms with Crippen LogP contribution < -0.4 is 10.6 Å². The summed E-state index contributed by atoms with van der Waals surface area (Å²) < 4.78 is 23.4. The molecular weight excluding hydrogens is 544 g/mol. The molecule has 4 N–H and O–H groups in total. The van der Waals surface area contributed by atoms with Gasteiger partial charge in [-0.15, -0.1) is 0 Å². The number of hydrogen-bond donors (Lipinski definition) is 4. The van der Waals surface area contributed by atoms with Gasteiger partial charge in [0.15, 0.2) is 12.6 Å². The summed E-state index contributed by atoms with van der Waals surface area (Å²) in [6, 6.07) is 8.21. The molecule has 8 heteroatoms. The van der Waals surface area contributed by atoms with Gasteiger partial charge in [-0.05, 0) is 52.3 Å². The van der Waals surface area contributed by atoms with Gasteiger partial charge >= 0.3 is 0 Å². The molecule has 2 aromatic carbocycles. The van der Waals surface area contributed by atoms with Crippen LogP contribution in [-0.2, 0) is 42.9 Å². The predicted octanol–water partition coefficient (Wildman–Crippen LogP) is 6.47. The standard InChI is InChI=1S/C35H54N2O6/c1-33(2,3)25-15-23(29(38)27(17-25)31-40-11-9-12-41-31)19-36-21-35(7,8)22-37-20-24-16-26(34(4,5)6)18-28(30(24)39)32-42-13-10-14-43-32/h15-18,31-32,36-39H,9-14,19-22H2,1-8H3. The number of rotatable bonds is 10. The van der Waals surface area contributed by atoms with E-state index in [0.29, 0.717) is 50.6 Å². The maximum atomic E-state index is 11.2. The zero-order chi connectivity index (χ0) is 31.4. The molecule has 2 saturated heterocycles. The maximum absolute atomic E-state index is 11.2. The lowest BCUT2D eigenvalue weighted by atomic mass is 9.84. The van der Waals surface area contributed by atoms with Crippen molar-refractivity contribution in [2.45, 2.75) is 105 Å². The smallest absolute Gasteiger partial charge is 0.187 e. The molecule has 0 aromatic heterocycles. The molecule has 0 spiro atoms.